The van der Waals surface area contributed by atoms with E-state index in [0.717, 1.165) is 0 Å². The Morgan fingerprint density at radius 2 is 1.95 bits per heavy atom. The molecular weight excluding hydrogens is 508 g/mol. The molecule has 0 spiro atoms. The van der Waals surface area contributed by atoms with Gasteiger partial charge in [-0.25, -0.2) is 9.78 Å². The number of hydrogen-bond acceptors (Lipinski definition) is 9. The lowest BCUT2D eigenvalue weighted by atomic mass is 10.1. The highest BCUT2D eigenvalue weighted by Crippen LogP contribution is 2.31. The molecule has 4 N–H and O–H groups in total. The van der Waals surface area contributed by atoms with Crippen molar-refractivity contribution in [2.24, 2.45) is 5.73 Å². The Labute approximate surface area is 223 Å². The number of hydrogen-bond donors (Lipinski definition) is 3. The van der Waals surface area contributed by atoms with Crippen LogP contribution in [0.4, 0.5) is 10.7 Å². The van der Waals surface area contributed by atoms with Crippen LogP contribution in [-0.2, 0) is 24.4 Å². The first-order valence-corrected chi connectivity index (χ1v) is 12.3. The zero-order valence-electron chi connectivity index (χ0n) is 22.1. The van der Waals surface area contributed by atoms with Crippen molar-refractivity contribution in [3.8, 4) is 5.75 Å². The molecular formula is C25H30N8O6. The number of rotatable bonds is 11. The Morgan fingerprint density at radius 3 is 2.62 bits per heavy atom. The van der Waals surface area contributed by atoms with Gasteiger partial charge in [-0.15, -0.1) is 0 Å². The van der Waals surface area contributed by atoms with Crippen LogP contribution >= 0.6 is 0 Å². The molecule has 3 amide bonds. The number of primary amides is 1. The Bertz CT molecular complexity index is 1520. The minimum Gasteiger partial charge on any atom is -0.494 e. The van der Waals surface area contributed by atoms with E-state index < -0.39 is 17.9 Å². The number of amides is 3. The first-order valence-electron chi connectivity index (χ1n) is 12.3. The van der Waals surface area contributed by atoms with E-state index in [1.165, 1.54) is 19.2 Å². The maximum Gasteiger partial charge on any atom is 0.407 e. The molecule has 3 aromatic heterocycles. The monoisotopic (exact) mass is 538 g/mol. The summed E-state index contributed by atoms with van der Waals surface area (Å²) in [4.78, 5) is 41.7. The summed E-state index contributed by atoms with van der Waals surface area (Å²) in [5, 5.41) is 13.6. The summed E-state index contributed by atoms with van der Waals surface area (Å²) in [6, 6.07) is 6.42. The molecule has 0 aliphatic carbocycles. The lowest BCUT2D eigenvalue weighted by Crippen LogP contribution is -2.26. The molecule has 0 aliphatic heterocycles. The smallest absolute Gasteiger partial charge is 0.407 e. The number of nitrogens with zero attached hydrogens (tertiary/aromatic N) is 5. The van der Waals surface area contributed by atoms with Crippen LogP contribution in [0.3, 0.4) is 0 Å². The highest BCUT2D eigenvalue weighted by molar-refractivity contribution is 6.04. The van der Waals surface area contributed by atoms with Gasteiger partial charge < -0.3 is 29.6 Å². The van der Waals surface area contributed by atoms with Gasteiger partial charge in [-0.1, -0.05) is 5.16 Å². The average Bonchev–Trinajstić information content (AvgIpc) is 3.60. The van der Waals surface area contributed by atoms with E-state index in [1.807, 2.05) is 6.92 Å². The van der Waals surface area contributed by atoms with Gasteiger partial charge in [0.25, 0.3) is 5.91 Å². The van der Waals surface area contributed by atoms with Crippen LogP contribution in [0.2, 0.25) is 0 Å². The number of aromatic nitrogens is 5. The first-order chi connectivity index (χ1) is 18.7. The maximum atomic E-state index is 13.2. The summed E-state index contributed by atoms with van der Waals surface area (Å²) in [5.74, 6) is 0.186. The largest absolute Gasteiger partial charge is 0.494 e. The van der Waals surface area contributed by atoms with Gasteiger partial charge in [0.15, 0.2) is 0 Å². The number of anilines is 1. The SMILES string of the molecule is CCn1nc(C)cc1C(=O)Nc1nc2cc(C(N)=O)cc(OC)c2n1CCCNC(=O)OCc1cc(C)on1. The minimum absolute atomic E-state index is 0.0152. The van der Waals surface area contributed by atoms with Crippen molar-refractivity contribution in [3.05, 3.63) is 52.7 Å². The zero-order chi connectivity index (χ0) is 28.1. The molecule has 0 saturated carbocycles. The Morgan fingerprint density at radius 1 is 1.15 bits per heavy atom. The molecule has 0 radical (unpaired) electrons. The number of ether oxygens (including phenoxy) is 2. The van der Waals surface area contributed by atoms with E-state index in [0.29, 0.717) is 59.1 Å². The fourth-order valence-corrected chi connectivity index (χ4v) is 4.08. The summed E-state index contributed by atoms with van der Waals surface area (Å²) in [5.41, 5.74) is 8.27. The molecule has 0 unspecified atom stereocenters. The van der Waals surface area contributed by atoms with Crippen LogP contribution in [0.25, 0.3) is 11.0 Å². The highest BCUT2D eigenvalue weighted by atomic mass is 16.6. The highest BCUT2D eigenvalue weighted by Gasteiger charge is 2.21. The minimum atomic E-state index is -0.638. The van der Waals surface area contributed by atoms with Gasteiger partial charge in [0.05, 0.1) is 18.3 Å². The van der Waals surface area contributed by atoms with Gasteiger partial charge in [0.1, 0.15) is 35.0 Å². The molecule has 39 heavy (non-hydrogen) atoms. The fourth-order valence-electron chi connectivity index (χ4n) is 4.08. The first kappa shape index (κ1) is 27.2. The van der Waals surface area contributed by atoms with Gasteiger partial charge in [0, 0.05) is 31.3 Å². The third kappa shape index (κ3) is 6.17. The predicted octanol–water partition coefficient (Wildman–Crippen LogP) is 2.53. The summed E-state index contributed by atoms with van der Waals surface area (Å²) in [6.45, 7) is 6.55. The Hall–Kier alpha value is -4.88. The van der Waals surface area contributed by atoms with Crippen molar-refractivity contribution in [1.82, 2.24) is 29.8 Å². The molecule has 0 fully saturated rings. The summed E-state index contributed by atoms with van der Waals surface area (Å²) < 4.78 is 19.0. The number of alkyl carbamates (subject to hydrolysis) is 1. The number of aryl methyl sites for hydroxylation is 4. The third-order valence-corrected chi connectivity index (χ3v) is 5.83. The molecule has 206 valence electrons. The van der Waals surface area contributed by atoms with Crippen molar-refractivity contribution in [2.75, 3.05) is 19.0 Å². The van der Waals surface area contributed by atoms with Crippen LogP contribution in [0.5, 0.6) is 5.75 Å². The van der Waals surface area contributed by atoms with Crippen LogP contribution in [0, 0.1) is 13.8 Å². The van der Waals surface area contributed by atoms with Crippen LogP contribution in [0.15, 0.2) is 28.8 Å². The normalized spacial score (nSPS) is 11.0. The Kier molecular flexibility index (Phi) is 8.13. The van der Waals surface area contributed by atoms with Crippen molar-refractivity contribution in [2.45, 2.75) is 46.9 Å². The topological polar surface area (TPSA) is 181 Å². The van der Waals surface area contributed by atoms with Crippen molar-refractivity contribution < 1.29 is 28.4 Å². The predicted molar refractivity (Wildman–Crippen MR) is 139 cm³/mol. The Balaban J connectivity index is 1.53. The molecule has 0 atom stereocenters. The molecule has 0 aliphatic rings. The van der Waals surface area contributed by atoms with Crippen molar-refractivity contribution in [1.29, 1.82) is 0 Å². The van der Waals surface area contributed by atoms with E-state index in [9.17, 15) is 14.4 Å². The number of nitrogens with one attached hydrogen (secondary N) is 2. The quantitative estimate of drug-likeness (QED) is 0.242. The summed E-state index contributed by atoms with van der Waals surface area (Å²) in [6.07, 6.45) is -0.147. The van der Waals surface area contributed by atoms with Crippen LogP contribution < -0.4 is 21.1 Å². The van der Waals surface area contributed by atoms with E-state index >= 15 is 0 Å². The van der Waals surface area contributed by atoms with E-state index in [1.54, 1.807) is 35.2 Å². The second-order valence-electron chi connectivity index (χ2n) is 8.72. The zero-order valence-corrected chi connectivity index (χ0v) is 22.1. The number of carbonyl (C=O) groups excluding carboxylic acids is 3. The molecule has 14 nitrogen and oxygen atoms in total. The third-order valence-electron chi connectivity index (χ3n) is 5.83. The number of nitrogens with two attached hydrogens (primary N) is 1. The average molecular weight is 539 g/mol. The molecule has 4 aromatic rings. The number of imidazole rings is 1. The molecule has 4 rings (SSSR count). The second kappa shape index (κ2) is 11.7. The molecule has 0 saturated heterocycles. The van der Waals surface area contributed by atoms with Crippen molar-refractivity contribution in [3.63, 3.8) is 0 Å². The van der Waals surface area contributed by atoms with Gasteiger partial charge in [-0.05, 0) is 45.4 Å². The van der Waals surface area contributed by atoms with E-state index in [2.05, 4.69) is 25.9 Å². The summed E-state index contributed by atoms with van der Waals surface area (Å²) in [7, 11) is 1.46. The second-order valence-corrected chi connectivity index (χ2v) is 8.72. The lowest BCUT2D eigenvalue weighted by Gasteiger charge is -2.13. The van der Waals surface area contributed by atoms with Gasteiger partial charge in [0.2, 0.25) is 11.9 Å². The van der Waals surface area contributed by atoms with Crippen LogP contribution in [-0.4, -0.2) is 56.1 Å². The number of methoxy groups -OCH3 is 1. The van der Waals surface area contributed by atoms with Crippen molar-refractivity contribution >= 4 is 34.9 Å². The molecule has 0 bridgehead atoms. The van der Waals surface area contributed by atoms with Crippen LogP contribution in [0.1, 0.15) is 51.3 Å². The number of carbonyl (C=O) groups is 3. The molecule has 14 heteroatoms. The lowest BCUT2D eigenvalue weighted by molar-refractivity contribution is 0.0995. The number of benzene rings is 1. The number of fused-ring (bicyclic) bond motifs is 1. The fraction of sp³-hybridized carbons (Fsp3) is 0.360. The summed E-state index contributed by atoms with van der Waals surface area (Å²) >= 11 is 0. The van der Waals surface area contributed by atoms with E-state index in [-0.39, 0.29) is 24.7 Å². The van der Waals surface area contributed by atoms with Gasteiger partial charge in [-0.2, -0.15) is 5.10 Å². The standard InChI is InChI=1S/C25H30N8O6/c1-5-33-19(9-14(2)30-33)23(35)29-24-28-18-11-16(22(26)34)12-20(37-4)21(18)32(24)8-6-7-27-25(36)38-13-17-10-15(3)39-31-17/h9-12H,5-8,13H2,1-4H3,(H2,26,34)(H,27,36)(H,28,29,35). The molecule has 1 aromatic carbocycles. The maximum absolute atomic E-state index is 13.2. The van der Waals surface area contributed by atoms with Gasteiger partial charge >= 0.3 is 6.09 Å². The molecule has 3 heterocycles. The van der Waals surface area contributed by atoms with Gasteiger partial charge in [-0.3, -0.25) is 19.6 Å². The van der Waals surface area contributed by atoms with E-state index in [4.69, 9.17) is 19.7 Å².